The molecule has 0 N–H and O–H groups in total. The first-order valence-electron chi connectivity index (χ1n) is 8.50. The molecule has 0 aromatic heterocycles. The van der Waals surface area contributed by atoms with Gasteiger partial charge in [0, 0.05) is 18.6 Å². The van der Waals surface area contributed by atoms with Gasteiger partial charge in [0.2, 0.25) is 0 Å². The van der Waals surface area contributed by atoms with Crippen LogP contribution < -0.4 is 15.1 Å². The fourth-order valence-electron chi connectivity index (χ4n) is 2.88. The Morgan fingerprint density at radius 2 is 1.31 bits per heavy atom. The standard InChI is InChI=1S/C21H22O3SSi/c1-3-23-26(22-2,20-7-5-4-6-8-20)21-15-11-18(12-16-21)24-17-9-13-19(25)14-10-17/h4-16,25H,3H2,1-2H3. The molecule has 0 radical (unpaired) electrons. The Labute approximate surface area is 161 Å². The summed E-state index contributed by atoms with van der Waals surface area (Å²) in [5.74, 6) is 1.54. The quantitative estimate of drug-likeness (QED) is 0.494. The molecular weight excluding hydrogens is 360 g/mol. The zero-order chi connectivity index (χ0) is 18.4. The molecule has 0 saturated heterocycles. The van der Waals surface area contributed by atoms with Crippen molar-refractivity contribution in [3.05, 3.63) is 78.9 Å². The van der Waals surface area contributed by atoms with Gasteiger partial charge < -0.3 is 13.6 Å². The first-order valence-corrected chi connectivity index (χ1v) is 10.8. The second kappa shape index (κ2) is 8.55. The monoisotopic (exact) mass is 382 g/mol. The normalized spacial score (nSPS) is 13.2. The molecular formula is C21H22O3SSi. The van der Waals surface area contributed by atoms with Crippen molar-refractivity contribution in [1.82, 2.24) is 0 Å². The highest BCUT2D eigenvalue weighted by molar-refractivity contribution is 7.80. The van der Waals surface area contributed by atoms with Gasteiger partial charge in [-0.1, -0.05) is 42.5 Å². The van der Waals surface area contributed by atoms with Crippen LogP contribution in [-0.4, -0.2) is 22.3 Å². The highest BCUT2D eigenvalue weighted by Crippen LogP contribution is 2.22. The van der Waals surface area contributed by atoms with Crippen molar-refractivity contribution in [2.75, 3.05) is 13.7 Å². The third kappa shape index (κ3) is 4.02. The van der Waals surface area contributed by atoms with Gasteiger partial charge in [0.05, 0.1) is 0 Å². The van der Waals surface area contributed by atoms with Crippen LogP contribution in [0.15, 0.2) is 83.8 Å². The number of benzene rings is 3. The summed E-state index contributed by atoms with van der Waals surface area (Å²) in [6, 6.07) is 25.7. The van der Waals surface area contributed by atoms with Crippen molar-refractivity contribution in [2.45, 2.75) is 11.8 Å². The molecule has 0 aliphatic rings. The molecule has 0 amide bonds. The second-order valence-electron chi connectivity index (χ2n) is 5.74. The largest absolute Gasteiger partial charge is 0.457 e. The Morgan fingerprint density at radius 3 is 1.85 bits per heavy atom. The summed E-state index contributed by atoms with van der Waals surface area (Å²) in [5, 5.41) is 2.13. The number of hydrogen-bond acceptors (Lipinski definition) is 4. The van der Waals surface area contributed by atoms with Gasteiger partial charge in [0.25, 0.3) is 0 Å². The Morgan fingerprint density at radius 1 is 0.769 bits per heavy atom. The van der Waals surface area contributed by atoms with Crippen molar-refractivity contribution in [3.8, 4) is 11.5 Å². The average molecular weight is 383 g/mol. The van der Waals surface area contributed by atoms with Crippen LogP contribution in [0, 0.1) is 0 Å². The van der Waals surface area contributed by atoms with Crippen LogP contribution in [0.25, 0.3) is 0 Å². The lowest BCUT2D eigenvalue weighted by Gasteiger charge is -2.29. The molecule has 1 atom stereocenters. The third-order valence-corrected chi connectivity index (χ3v) is 7.85. The number of thiol groups is 1. The van der Waals surface area contributed by atoms with Crippen LogP contribution in [0.1, 0.15) is 6.92 Å². The Kier molecular flexibility index (Phi) is 6.16. The second-order valence-corrected chi connectivity index (χ2v) is 9.34. The lowest BCUT2D eigenvalue weighted by molar-refractivity contribution is 0.236. The first-order chi connectivity index (χ1) is 12.7. The van der Waals surface area contributed by atoms with Crippen LogP contribution in [0.5, 0.6) is 11.5 Å². The molecule has 0 spiro atoms. The number of hydrogen-bond donors (Lipinski definition) is 1. The maximum Gasteiger partial charge on any atom is 0.406 e. The van der Waals surface area contributed by atoms with Crippen LogP contribution in [-0.2, 0) is 8.85 Å². The fraction of sp³-hybridized carbons (Fsp3) is 0.143. The van der Waals surface area contributed by atoms with E-state index in [4.69, 9.17) is 13.6 Å². The molecule has 3 rings (SSSR count). The molecule has 3 nitrogen and oxygen atoms in total. The van der Waals surface area contributed by atoms with Crippen LogP contribution in [0.4, 0.5) is 0 Å². The molecule has 0 bridgehead atoms. The third-order valence-electron chi connectivity index (χ3n) is 4.10. The molecule has 3 aromatic carbocycles. The molecule has 5 heteroatoms. The van der Waals surface area contributed by atoms with Crippen molar-refractivity contribution >= 4 is 31.6 Å². The van der Waals surface area contributed by atoms with E-state index in [9.17, 15) is 0 Å². The average Bonchev–Trinajstić information content (AvgIpc) is 2.69. The predicted molar refractivity (Wildman–Crippen MR) is 110 cm³/mol. The number of ether oxygens (including phenoxy) is 1. The molecule has 3 aromatic rings. The fourth-order valence-corrected chi connectivity index (χ4v) is 5.93. The Bertz CT molecular complexity index is 822. The summed E-state index contributed by atoms with van der Waals surface area (Å²) in [7, 11) is -0.989. The summed E-state index contributed by atoms with van der Waals surface area (Å²) < 4.78 is 18.1. The molecule has 0 heterocycles. The molecule has 0 fully saturated rings. The van der Waals surface area contributed by atoms with E-state index >= 15 is 0 Å². The molecule has 26 heavy (non-hydrogen) atoms. The van der Waals surface area contributed by atoms with Gasteiger partial charge in [0.1, 0.15) is 11.5 Å². The topological polar surface area (TPSA) is 27.7 Å². The zero-order valence-corrected chi connectivity index (χ0v) is 16.8. The lowest BCUT2D eigenvalue weighted by atomic mass is 10.3. The SMILES string of the molecule is CCO[Si](OC)(c1ccccc1)c1ccc(Oc2ccc(S)cc2)cc1. The van der Waals surface area contributed by atoms with E-state index in [0.717, 1.165) is 26.8 Å². The van der Waals surface area contributed by atoms with Crippen LogP contribution in [0.3, 0.4) is 0 Å². The van der Waals surface area contributed by atoms with Crippen LogP contribution >= 0.6 is 12.6 Å². The minimum absolute atomic E-state index is 0.587. The summed E-state index contributed by atoms with van der Waals surface area (Å²) >= 11 is 4.29. The minimum Gasteiger partial charge on any atom is -0.457 e. The molecule has 1 unspecified atom stereocenters. The van der Waals surface area contributed by atoms with Gasteiger partial charge in [-0.25, -0.2) is 0 Å². The van der Waals surface area contributed by atoms with E-state index in [1.165, 1.54) is 0 Å². The van der Waals surface area contributed by atoms with Crippen molar-refractivity contribution < 1.29 is 13.6 Å². The number of rotatable bonds is 7. The first kappa shape index (κ1) is 18.7. The minimum atomic E-state index is -2.71. The van der Waals surface area contributed by atoms with Crippen molar-refractivity contribution in [1.29, 1.82) is 0 Å². The van der Waals surface area contributed by atoms with E-state index < -0.39 is 8.56 Å². The van der Waals surface area contributed by atoms with Crippen molar-refractivity contribution in [3.63, 3.8) is 0 Å². The van der Waals surface area contributed by atoms with E-state index in [1.54, 1.807) is 7.11 Å². The summed E-state index contributed by atoms with van der Waals surface area (Å²) in [5.41, 5.74) is 0. The summed E-state index contributed by atoms with van der Waals surface area (Å²) in [6.45, 7) is 2.58. The van der Waals surface area contributed by atoms with E-state index in [1.807, 2.05) is 73.7 Å². The Hall–Kier alpha value is -2.05. The maximum absolute atomic E-state index is 6.19. The van der Waals surface area contributed by atoms with Gasteiger partial charge in [-0.2, -0.15) is 0 Å². The smallest absolute Gasteiger partial charge is 0.406 e. The predicted octanol–water partition coefficient (Wildman–Crippen LogP) is 4.01. The highest BCUT2D eigenvalue weighted by Gasteiger charge is 2.41. The van der Waals surface area contributed by atoms with Gasteiger partial charge in [-0.15, -0.1) is 12.6 Å². The van der Waals surface area contributed by atoms with Gasteiger partial charge in [-0.05, 0) is 53.7 Å². The summed E-state index contributed by atoms with van der Waals surface area (Å²) in [6.07, 6.45) is 0. The maximum atomic E-state index is 6.19. The van der Waals surface area contributed by atoms with Gasteiger partial charge >= 0.3 is 8.56 Å². The Balaban J connectivity index is 1.90. The molecule has 134 valence electrons. The molecule has 0 aliphatic heterocycles. The zero-order valence-electron chi connectivity index (χ0n) is 14.9. The van der Waals surface area contributed by atoms with Gasteiger partial charge in [-0.3, -0.25) is 0 Å². The van der Waals surface area contributed by atoms with Crippen molar-refractivity contribution in [2.24, 2.45) is 0 Å². The van der Waals surface area contributed by atoms with Crippen LogP contribution in [0.2, 0.25) is 0 Å². The van der Waals surface area contributed by atoms with E-state index in [2.05, 4.69) is 24.8 Å². The van der Waals surface area contributed by atoms with E-state index in [-0.39, 0.29) is 0 Å². The van der Waals surface area contributed by atoms with Gasteiger partial charge in [0.15, 0.2) is 0 Å². The lowest BCUT2D eigenvalue weighted by Crippen LogP contribution is -2.62. The van der Waals surface area contributed by atoms with E-state index in [0.29, 0.717) is 6.61 Å². The molecule has 0 aliphatic carbocycles. The highest BCUT2D eigenvalue weighted by atomic mass is 32.1. The molecule has 0 saturated carbocycles. The summed E-state index contributed by atoms with van der Waals surface area (Å²) in [4.78, 5) is 0.906.